The summed E-state index contributed by atoms with van der Waals surface area (Å²) < 4.78 is 100.0. The highest BCUT2D eigenvalue weighted by Crippen LogP contribution is 2.46. The van der Waals surface area contributed by atoms with Crippen LogP contribution >= 0.6 is 0 Å². The number of amides is 1. The van der Waals surface area contributed by atoms with E-state index in [2.05, 4.69) is 59.3 Å². The van der Waals surface area contributed by atoms with Crippen LogP contribution in [-0.4, -0.2) is 118 Å². The quantitative estimate of drug-likeness (QED) is 0.0569. The minimum atomic E-state index is -4.37. The Balaban J connectivity index is 1.42. The third-order valence-electron chi connectivity index (χ3n) is 13.0. The van der Waals surface area contributed by atoms with Gasteiger partial charge >= 0.3 is 0 Å². The minimum absolute atomic E-state index is 0.00881. The smallest absolute Gasteiger partial charge is 0.272 e. The van der Waals surface area contributed by atoms with Gasteiger partial charge in [0.2, 0.25) is 5.91 Å². The van der Waals surface area contributed by atoms with Crippen LogP contribution in [0.15, 0.2) is 110 Å². The highest BCUT2D eigenvalue weighted by atomic mass is 32.2. The molecule has 3 aromatic rings. The average Bonchev–Trinajstić information content (AvgIpc) is 3.29. The summed E-state index contributed by atoms with van der Waals surface area (Å²) in [5.41, 5.74) is 2.13. The summed E-state index contributed by atoms with van der Waals surface area (Å²) in [6.45, 7) is 22.3. The number of hydrogen-bond acceptors (Lipinski definition) is 14. The molecule has 0 bridgehead atoms. The molecule has 0 saturated carbocycles. The first kappa shape index (κ1) is 52.5. The zero-order valence-corrected chi connectivity index (χ0v) is 41.8. The Labute approximate surface area is 397 Å². The van der Waals surface area contributed by atoms with Gasteiger partial charge in [-0.2, -0.15) is 8.42 Å². The van der Waals surface area contributed by atoms with Crippen molar-refractivity contribution in [3.8, 4) is 5.75 Å². The van der Waals surface area contributed by atoms with Gasteiger partial charge in [-0.1, -0.05) is 113 Å². The lowest BCUT2D eigenvalue weighted by Gasteiger charge is -2.53. The van der Waals surface area contributed by atoms with Crippen LogP contribution in [0.25, 0.3) is 0 Å². The van der Waals surface area contributed by atoms with Gasteiger partial charge in [-0.25, -0.2) is 0 Å². The van der Waals surface area contributed by atoms with Crippen molar-refractivity contribution in [2.45, 2.75) is 133 Å². The van der Waals surface area contributed by atoms with Gasteiger partial charge in [0, 0.05) is 12.5 Å². The standard InChI is InChI=1S/C50H69NO14SSi/c1-11-27-57-44-41(51-34(5)52)48(65-67(9,10)50(6,7)33(3)4)60-39(30-56-29-35-23-25-38(55-8)26-24-35)42(44)63-49-46(64-66(53,54)32-36-19-15-13-16-20-36)45(58-28-12-2)43-40(61-49)31-59-47(62-43)37-21-17-14-18-22-37/h11-26,33,39-49H,1-2,27-32H2,3-10H3,(H,51,52)/t39-,40-,41-,42-,43-,44-,45+,46+,47?,48+,49+/m1/s1. The SMILES string of the molecule is C=CCO[C@@H]1[C@H](OS(=O)(=O)Cc2ccccc2)[C@H](O[C@H]2[C@H](OCC=C)[C@@H](NC(C)=O)[C@H](O[Si](C)(C)C(C)(C)C(C)C)O[C@@H]2COCc2ccc(OC)cc2)O[C@@H]2COC(c3ccccc3)O[C@@H]12. The van der Waals surface area contributed by atoms with Crippen LogP contribution in [0.3, 0.4) is 0 Å². The number of ether oxygens (including phenoxy) is 9. The maximum absolute atomic E-state index is 14.2. The second-order valence-corrected chi connectivity index (χ2v) is 24.5. The van der Waals surface area contributed by atoms with E-state index in [-0.39, 0.29) is 49.9 Å². The summed E-state index contributed by atoms with van der Waals surface area (Å²) in [7, 11) is -5.44. The first-order valence-electron chi connectivity index (χ1n) is 22.8. The molecule has 11 atom stereocenters. The lowest BCUT2D eigenvalue weighted by Crippen LogP contribution is -2.70. The summed E-state index contributed by atoms with van der Waals surface area (Å²) in [5.74, 6) is 0.133. The average molecular weight is 968 g/mol. The normalized spacial score (nSPS) is 28.0. The number of methoxy groups -OCH3 is 1. The first-order valence-corrected chi connectivity index (χ1v) is 27.3. The number of carbonyl (C=O) groups is 1. The largest absolute Gasteiger partial charge is 0.497 e. The Bertz CT molecular complexity index is 2140. The molecule has 3 heterocycles. The summed E-state index contributed by atoms with van der Waals surface area (Å²) in [5, 5.41) is 2.81. The number of nitrogens with one attached hydrogen (secondary N) is 1. The van der Waals surface area contributed by atoms with E-state index in [1.54, 1.807) is 49.6 Å². The van der Waals surface area contributed by atoms with Crippen molar-refractivity contribution in [3.05, 3.63) is 127 Å². The molecule has 3 aliphatic rings. The molecular weight excluding hydrogens is 899 g/mol. The van der Waals surface area contributed by atoms with E-state index in [0.29, 0.717) is 11.3 Å². The zero-order valence-electron chi connectivity index (χ0n) is 39.9. The van der Waals surface area contributed by atoms with E-state index in [4.69, 9.17) is 51.2 Å². The maximum Gasteiger partial charge on any atom is 0.272 e. The molecule has 67 heavy (non-hydrogen) atoms. The van der Waals surface area contributed by atoms with Gasteiger partial charge in [0.1, 0.15) is 54.2 Å². The molecule has 0 radical (unpaired) electrons. The van der Waals surface area contributed by atoms with Gasteiger partial charge in [-0.3, -0.25) is 8.98 Å². The zero-order chi connectivity index (χ0) is 48.4. The van der Waals surface area contributed by atoms with Gasteiger partial charge < -0.3 is 52.4 Å². The topological polar surface area (TPSA) is 165 Å². The Kier molecular flexibility index (Phi) is 18.6. The van der Waals surface area contributed by atoms with Crippen LogP contribution in [0.1, 0.15) is 57.6 Å². The Hall–Kier alpha value is -3.82. The van der Waals surface area contributed by atoms with Gasteiger partial charge in [-0.15, -0.1) is 13.2 Å². The van der Waals surface area contributed by atoms with Crippen molar-refractivity contribution in [1.29, 1.82) is 0 Å². The highest BCUT2D eigenvalue weighted by molar-refractivity contribution is 7.85. The fraction of sp³-hybridized carbons (Fsp3) is 0.540. The number of rotatable bonds is 23. The van der Waals surface area contributed by atoms with Crippen LogP contribution in [0.4, 0.5) is 0 Å². The van der Waals surface area contributed by atoms with Crippen LogP contribution in [-0.2, 0) is 73.8 Å². The molecule has 368 valence electrons. The number of fused-ring (bicyclic) bond motifs is 1. The monoisotopic (exact) mass is 967 g/mol. The number of benzene rings is 3. The van der Waals surface area contributed by atoms with Crippen molar-refractivity contribution in [2.24, 2.45) is 5.92 Å². The molecule has 3 aliphatic heterocycles. The summed E-state index contributed by atoms with van der Waals surface area (Å²) >= 11 is 0. The van der Waals surface area contributed by atoms with Gasteiger partial charge in [0.05, 0.1) is 40.1 Å². The fourth-order valence-corrected chi connectivity index (χ4v) is 11.9. The summed E-state index contributed by atoms with van der Waals surface area (Å²) in [6.07, 6.45) is -7.54. The van der Waals surface area contributed by atoms with Crippen LogP contribution in [0.2, 0.25) is 18.1 Å². The number of hydrogen-bond donors (Lipinski definition) is 1. The number of carbonyl (C=O) groups excluding carboxylic acids is 1. The van der Waals surface area contributed by atoms with E-state index in [0.717, 1.165) is 11.1 Å². The van der Waals surface area contributed by atoms with Crippen LogP contribution in [0, 0.1) is 5.92 Å². The van der Waals surface area contributed by atoms with Crippen molar-refractivity contribution >= 4 is 24.3 Å². The molecule has 15 nitrogen and oxygen atoms in total. The van der Waals surface area contributed by atoms with Crippen molar-refractivity contribution in [2.75, 3.05) is 33.5 Å². The molecule has 3 saturated heterocycles. The predicted molar refractivity (Wildman–Crippen MR) is 254 cm³/mol. The molecule has 0 spiro atoms. The second kappa shape index (κ2) is 23.7. The molecule has 3 aromatic carbocycles. The Morgan fingerprint density at radius 3 is 2.10 bits per heavy atom. The van der Waals surface area contributed by atoms with E-state index in [1.165, 1.54) is 6.92 Å². The van der Waals surface area contributed by atoms with E-state index < -0.39 is 91.8 Å². The lowest BCUT2D eigenvalue weighted by molar-refractivity contribution is -0.380. The van der Waals surface area contributed by atoms with Crippen LogP contribution in [0.5, 0.6) is 5.75 Å². The predicted octanol–water partition coefficient (Wildman–Crippen LogP) is 7.38. The molecule has 1 unspecified atom stereocenters. The first-order chi connectivity index (χ1) is 32.0. The van der Waals surface area contributed by atoms with E-state index in [1.807, 2.05) is 54.6 Å². The van der Waals surface area contributed by atoms with E-state index in [9.17, 15) is 13.2 Å². The highest BCUT2D eigenvalue weighted by Gasteiger charge is 2.58. The summed E-state index contributed by atoms with van der Waals surface area (Å²) in [6, 6.07) is 24.6. The van der Waals surface area contributed by atoms with E-state index >= 15 is 0 Å². The molecule has 0 aromatic heterocycles. The van der Waals surface area contributed by atoms with Crippen LogP contribution < -0.4 is 10.1 Å². The Morgan fingerprint density at radius 1 is 0.851 bits per heavy atom. The fourth-order valence-electron chi connectivity index (χ4n) is 8.26. The molecule has 3 fully saturated rings. The lowest BCUT2D eigenvalue weighted by atomic mass is 9.94. The van der Waals surface area contributed by atoms with Gasteiger partial charge in [0.25, 0.3) is 10.1 Å². The molecule has 1 amide bonds. The van der Waals surface area contributed by atoms with Gasteiger partial charge in [-0.05, 0) is 47.3 Å². The van der Waals surface area contributed by atoms with Crippen molar-refractivity contribution in [1.82, 2.24) is 5.32 Å². The van der Waals surface area contributed by atoms with Crippen molar-refractivity contribution < 1.29 is 64.5 Å². The molecule has 6 rings (SSSR count). The van der Waals surface area contributed by atoms with Gasteiger partial charge in [0.15, 0.2) is 33.3 Å². The third kappa shape index (κ3) is 13.5. The third-order valence-corrected chi connectivity index (χ3v) is 18.7. The molecule has 17 heteroatoms. The molecular formula is C50H69NO14SSi. The summed E-state index contributed by atoms with van der Waals surface area (Å²) in [4.78, 5) is 13.2. The van der Waals surface area contributed by atoms with Crippen molar-refractivity contribution in [3.63, 3.8) is 0 Å². The Morgan fingerprint density at radius 2 is 1.49 bits per heavy atom. The maximum atomic E-state index is 14.2. The minimum Gasteiger partial charge on any atom is -0.497 e. The molecule has 1 N–H and O–H groups in total. The molecule has 0 aliphatic carbocycles. The second-order valence-electron chi connectivity index (χ2n) is 18.4.